The van der Waals surface area contributed by atoms with Crippen molar-refractivity contribution < 1.29 is 14.0 Å². The number of alkyl halides is 1. The third kappa shape index (κ3) is 2.05. The molecule has 7 atom stereocenters. The Kier molecular flexibility index (Phi) is 3.61. The average molecular weight is 332 g/mol. The van der Waals surface area contributed by atoms with E-state index in [1.807, 2.05) is 0 Å². The largest absolute Gasteiger partial charge is 0.300 e. The molecule has 0 bridgehead atoms. The number of Topliss-reactive ketones (excluding diaryl/α,β-unsaturated/α-hetero) is 1. The Morgan fingerprint density at radius 2 is 1.92 bits per heavy atom. The van der Waals surface area contributed by atoms with E-state index >= 15 is 4.39 Å². The van der Waals surface area contributed by atoms with Crippen LogP contribution in [0.2, 0.25) is 0 Å². The molecular formula is C21H29FO2. The van der Waals surface area contributed by atoms with E-state index in [1.165, 1.54) is 0 Å². The molecule has 24 heavy (non-hydrogen) atoms. The van der Waals surface area contributed by atoms with Crippen LogP contribution in [0.5, 0.6) is 0 Å². The van der Waals surface area contributed by atoms with Crippen LogP contribution < -0.4 is 0 Å². The lowest BCUT2D eigenvalue weighted by atomic mass is 9.46. The number of hydrogen-bond acceptors (Lipinski definition) is 2. The minimum atomic E-state index is -0.973. The Balaban J connectivity index is 1.71. The first-order valence-electron chi connectivity index (χ1n) is 9.67. The second kappa shape index (κ2) is 5.25. The van der Waals surface area contributed by atoms with Gasteiger partial charge in [0.05, 0.1) is 0 Å². The molecule has 0 aromatic rings. The summed E-state index contributed by atoms with van der Waals surface area (Å²) < 4.78 is 15.1. The van der Waals surface area contributed by atoms with Gasteiger partial charge in [0.15, 0.2) is 5.78 Å². The van der Waals surface area contributed by atoms with Gasteiger partial charge in [0.2, 0.25) is 0 Å². The molecule has 0 aliphatic heterocycles. The van der Waals surface area contributed by atoms with Crippen molar-refractivity contribution >= 4 is 11.6 Å². The lowest BCUT2D eigenvalue weighted by Gasteiger charge is -2.58. The molecule has 4 aliphatic rings. The zero-order chi connectivity index (χ0) is 17.3. The van der Waals surface area contributed by atoms with E-state index in [9.17, 15) is 9.59 Å². The lowest BCUT2D eigenvalue weighted by Crippen LogP contribution is -2.53. The van der Waals surface area contributed by atoms with Crippen molar-refractivity contribution in [1.82, 2.24) is 0 Å². The Labute approximate surface area is 144 Å². The molecule has 3 fully saturated rings. The summed E-state index contributed by atoms with van der Waals surface area (Å²) in [5.41, 5.74) is 0.699. The number of rotatable bonds is 1. The van der Waals surface area contributed by atoms with Gasteiger partial charge in [0, 0.05) is 12.3 Å². The quantitative estimate of drug-likeness (QED) is 0.699. The maximum Gasteiger partial charge on any atom is 0.155 e. The van der Waals surface area contributed by atoms with Crippen molar-refractivity contribution in [3.8, 4) is 0 Å². The maximum absolute atomic E-state index is 15.1. The molecule has 0 saturated heterocycles. The van der Waals surface area contributed by atoms with Gasteiger partial charge in [0.1, 0.15) is 12.0 Å². The lowest BCUT2D eigenvalue weighted by molar-refractivity contribution is -0.129. The Morgan fingerprint density at radius 1 is 1.17 bits per heavy atom. The zero-order valence-electron chi connectivity index (χ0n) is 15.1. The van der Waals surface area contributed by atoms with E-state index < -0.39 is 6.17 Å². The molecule has 0 unspecified atom stereocenters. The van der Waals surface area contributed by atoms with Gasteiger partial charge in [-0.05, 0) is 85.7 Å². The van der Waals surface area contributed by atoms with Gasteiger partial charge in [-0.25, -0.2) is 4.39 Å². The van der Waals surface area contributed by atoms with Gasteiger partial charge >= 0.3 is 0 Å². The standard InChI is InChI=1S/C21H29FO2/c1-12(23)15-4-5-16-14-11-19(22)18-10-13(24)6-8-21(18,3)17(14)7-9-20(15,16)2/h10,14-17,19H,4-9,11H2,1-3H3/t14-,15+,16-,17-,19+,20+,21-/m1/s1. The average Bonchev–Trinajstić information content (AvgIpc) is 2.87. The highest BCUT2D eigenvalue weighted by Crippen LogP contribution is 2.66. The fourth-order valence-corrected chi connectivity index (χ4v) is 7.23. The van der Waals surface area contributed by atoms with E-state index in [-0.39, 0.29) is 22.5 Å². The second-order valence-electron chi connectivity index (χ2n) is 9.35. The fraction of sp³-hybridized carbons (Fsp3) is 0.810. The molecule has 3 saturated carbocycles. The van der Waals surface area contributed by atoms with Crippen molar-refractivity contribution in [2.45, 2.75) is 71.9 Å². The van der Waals surface area contributed by atoms with Crippen LogP contribution in [0.25, 0.3) is 0 Å². The van der Waals surface area contributed by atoms with Gasteiger partial charge < -0.3 is 0 Å². The summed E-state index contributed by atoms with van der Waals surface area (Å²) in [6.07, 6.45) is 6.80. The number of carbonyl (C=O) groups is 2. The van der Waals surface area contributed by atoms with Gasteiger partial charge in [-0.1, -0.05) is 13.8 Å². The number of fused-ring (bicyclic) bond motifs is 5. The third-order valence-corrected chi connectivity index (χ3v) is 8.43. The van der Waals surface area contributed by atoms with Gasteiger partial charge in [-0.15, -0.1) is 0 Å². The molecular weight excluding hydrogens is 303 g/mol. The van der Waals surface area contributed by atoms with Crippen LogP contribution in [-0.2, 0) is 9.59 Å². The van der Waals surface area contributed by atoms with E-state index in [1.54, 1.807) is 13.0 Å². The van der Waals surface area contributed by atoms with Gasteiger partial charge in [-0.3, -0.25) is 9.59 Å². The SMILES string of the molecule is CC(=O)[C@@H]1CC[C@@H]2[C@H]3C[C@H](F)C4=CC(=O)CC[C@]4(C)[C@@H]3CC[C@]21C. The molecule has 0 N–H and O–H groups in total. The Morgan fingerprint density at radius 3 is 2.62 bits per heavy atom. The van der Waals surface area contributed by atoms with Crippen LogP contribution in [0.3, 0.4) is 0 Å². The minimum absolute atomic E-state index is 0.0643. The summed E-state index contributed by atoms with van der Waals surface area (Å²) in [6.45, 7) is 6.23. The Bertz CT molecular complexity index is 623. The van der Waals surface area contributed by atoms with Crippen molar-refractivity contribution in [3.63, 3.8) is 0 Å². The monoisotopic (exact) mass is 332 g/mol. The second-order valence-corrected chi connectivity index (χ2v) is 9.35. The number of ketones is 2. The molecule has 0 aromatic heterocycles. The van der Waals surface area contributed by atoms with E-state index in [4.69, 9.17) is 0 Å². The van der Waals surface area contributed by atoms with Crippen LogP contribution in [-0.4, -0.2) is 17.7 Å². The molecule has 132 valence electrons. The number of hydrogen-bond donors (Lipinski definition) is 0. The summed E-state index contributed by atoms with van der Waals surface area (Å²) in [4.78, 5) is 24.0. The topological polar surface area (TPSA) is 34.1 Å². The van der Waals surface area contributed by atoms with Crippen molar-refractivity contribution in [2.75, 3.05) is 0 Å². The summed E-state index contributed by atoms with van der Waals surface area (Å²) in [7, 11) is 0. The smallest absolute Gasteiger partial charge is 0.155 e. The molecule has 4 rings (SSSR count). The molecule has 4 aliphatic carbocycles. The van der Waals surface area contributed by atoms with Crippen molar-refractivity contribution in [3.05, 3.63) is 11.6 Å². The van der Waals surface area contributed by atoms with Crippen LogP contribution in [0.4, 0.5) is 4.39 Å². The molecule has 0 spiro atoms. The van der Waals surface area contributed by atoms with Crippen molar-refractivity contribution in [2.24, 2.45) is 34.5 Å². The molecule has 3 heteroatoms. The highest BCUT2D eigenvalue weighted by atomic mass is 19.1. The molecule has 2 nitrogen and oxygen atoms in total. The Hall–Kier alpha value is -0.990. The van der Waals surface area contributed by atoms with E-state index in [0.717, 1.165) is 37.7 Å². The van der Waals surface area contributed by atoms with E-state index in [0.29, 0.717) is 36.4 Å². The van der Waals surface area contributed by atoms with E-state index in [2.05, 4.69) is 13.8 Å². The van der Waals surface area contributed by atoms with Crippen LogP contribution in [0, 0.1) is 34.5 Å². The van der Waals surface area contributed by atoms with Gasteiger partial charge in [-0.2, -0.15) is 0 Å². The van der Waals surface area contributed by atoms with Gasteiger partial charge in [0.25, 0.3) is 0 Å². The molecule has 0 aromatic carbocycles. The molecule has 0 amide bonds. The van der Waals surface area contributed by atoms with Crippen LogP contribution >= 0.6 is 0 Å². The zero-order valence-corrected chi connectivity index (χ0v) is 15.1. The van der Waals surface area contributed by atoms with Crippen molar-refractivity contribution in [1.29, 1.82) is 0 Å². The maximum atomic E-state index is 15.1. The number of carbonyl (C=O) groups excluding carboxylic acids is 2. The number of allylic oxidation sites excluding steroid dienone is 1. The third-order valence-electron chi connectivity index (χ3n) is 8.43. The predicted octanol–water partition coefficient (Wildman–Crippen LogP) is 4.67. The highest BCUT2D eigenvalue weighted by Gasteiger charge is 2.61. The predicted molar refractivity (Wildman–Crippen MR) is 91.2 cm³/mol. The molecule has 0 radical (unpaired) electrons. The normalized spacial score (nSPS) is 50.6. The number of halogens is 1. The first-order chi connectivity index (χ1) is 11.3. The summed E-state index contributed by atoms with van der Waals surface area (Å²) in [6, 6.07) is 0. The van der Waals surface area contributed by atoms with Crippen LogP contribution in [0.1, 0.15) is 65.7 Å². The fourth-order valence-electron chi connectivity index (χ4n) is 7.23. The first kappa shape index (κ1) is 16.5. The highest BCUT2D eigenvalue weighted by molar-refractivity contribution is 5.91. The summed E-state index contributed by atoms with van der Waals surface area (Å²) >= 11 is 0. The minimum Gasteiger partial charge on any atom is -0.300 e. The molecule has 0 heterocycles. The first-order valence-corrected chi connectivity index (χ1v) is 9.67. The van der Waals surface area contributed by atoms with Crippen LogP contribution in [0.15, 0.2) is 11.6 Å². The summed E-state index contributed by atoms with van der Waals surface area (Å²) in [5.74, 6) is 1.91. The summed E-state index contributed by atoms with van der Waals surface area (Å²) in [5, 5.41) is 0.